The number of anilines is 1. The maximum Gasteiger partial charge on any atom is 0.350 e. The zero-order chi connectivity index (χ0) is 10.1. The fourth-order valence-electron chi connectivity index (χ4n) is 1.49. The minimum atomic E-state index is -0.414. The van der Waals surface area contributed by atoms with Crippen molar-refractivity contribution in [2.24, 2.45) is 0 Å². The Balaban J connectivity index is 2.73. The highest BCUT2D eigenvalue weighted by Crippen LogP contribution is 2.20. The van der Waals surface area contributed by atoms with Gasteiger partial charge in [-0.1, -0.05) is 11.6 Å². The molecule has 0 aromatic carbocycles. The fraction of sp³-hybridized carbons (Fsp3) is 0.375. The summed E-state index contributed by atoms with van der Waals surface area (Å²) in [4.78, 5) is 25.7. The summed E-state index contributed by atoms with van der Waals surface area (Å²) >= 11 is 5.67. The third kappa shape index (κ3) is 1.29. The molecule has 0 amide bonds. The molecule has 1 aromatic heterocycles. The molecule has 0 saturated heterocycles. The average Bonchev–Trinajstić information content (AvgIpc) is 2.18. The quantitative estimate of drug-likeness (QED) is 0.546. The minimum absolute atomic E-state index is 0.0364. The van der Waals surface area contributed by atoms with Gasteiger partial charge in [0.25, 0.3) is 0 Å². The first kappa shape index (κ1) is 9.21. The van der Waals surface area contributed by atoms with Crippen LogP contribution in [-0.4, -0.2) is 22.4 Å². The Hall–Kier alpha value is -1.36. The smallest absolute Gasteiger partial charge is 0.350 e. The minimum Gasteiger partial charge on any atom is -0.371 e. The maximum atomic E-state index is 11.4. The highest BCUT2D eigenvalue weighted by molar-refractivity contribution is 6.32. The van der Waals surface area contributed by atoms with E-state index in [1.165, 1.54) is 4.57 Å². The van der Waals surface area contributed by atoms with E-state index in [2.05, 4.69) is 10.3 Å². The first-order chi connectivity index (χ1) is 6.74. The number of hydrogen-bond donors (Lipinski definition) is 1. The van der Waals surface area contributed by atoms with Crippen LogP contribution < -0.4 is 11.0 Å². The van der Waals surface area contributed by atoms with Crippen LogP contribution in [0.3, 0.4) is 0 Å². The van der Waals surface area contributed by atoms with Crippen molar-refractivity contribution in [3.63, 3.8) is 0 Å². The molecule has 0 saturated carbocycles. The molecule has 0 spiro atoms. The molecular formula is C8H8ClN3O2. The Morgan fingerprint density at radius 2 is 2.36 bits per heavy atom. The fourth-order valence-corrected chi connectivity index (χ4v) is 1.70. The third-order valence-corrected chi connectivity index (χ3v) is 2.43. The summed E-state index contributed by atoms with van der Waals surface area (Å²) in [6.07, 6.45) is 1.45. The molecule has 1 aliphatic heterocycles. The van der Waals surface area contributed by atoms with Gasteiger partial charge in [-0.05, 0) is 6.42 Å². The van der Waals surface area contributed by atoms with E-state index in [-0.39, 0.29) is 10.7 Å². The lowest BCUT2D eigenvalue weighted by atomic mass is 10.2. The lowest BCUT2D eigenvalue weighted by Crippen LogP contribution is -2.32. The molecule has 0 fully saturated rings. The van der Waals surface area contributed by atoms with E-state index in [4.69, 9.17) is 11.6 Å². The van der Waals surface area contributed by atoms with Crippen molar-refractivity contribution in [2.45, 2.75) is 13.0 Å². The highest BCUT2D eigenvalue weighted by Gasteiger charge is 2.17. The highest BCUT2D eigenvalue weighted by atomic mass is 35.5. The molecule has 0 radical (unpaired) electrons. The molecule has 5 nitrogen and oxygen atoms in total. The lowest BCUT2D eigenvalue weighted by molar-refractivity contribution is 0.112. The molecule has 2 rings (SSSR count). The number of rotatable bonds is 1. The van der Waals surface area contributed by atoms with Crippen LogP contribution in [0.15, 0.2) is 4.79 Å². The molecule has 1 aliphatic rings. The van der Waals surface area contributed by atoms with Gasteiger partial charge in [-0.25, -0.2) is 4.79 Å². The SMILES string of the molecule is O=Cc1c(Cl)nc(=O)n2c1NCCC2. The molecule has 2 heterocycles. The van der Waals surface area contributed by atoms with Crippen LogP contribution in [0.25, 0.3) is 0 Å². The van der Waals surface area contributed by atoms with Crippen molar-refractivity contribution in [3.8, 4) is 0 Å². The Kier molecular flexibility index (Phi) is 2.25. The van der Waals surface area contributed by atoms with Crippen LogP contribution >= 0.6 is 11.6 Å². The molecular weight excluding hydrogens is 206 g/mol. The van der Waals surface area contributed by atoms with E-state index < -0.39 is 5.69 Å². The van der Waals surface area contributed by atoms with Crippen LogP contribution in [-0.2, 0) is 6.54 Å². The number of aldehydes is 1. The summed E-state index contributed by atoms with van der Waals surface area (Å²) in [6.45, 7) is 1.31. The summed E-state index contributed by atoms with van der Waals surface area (Å²) in [6, 6.07) is 0. The van der Waals surface area contributed by atoms with Crippen molar-refractivity contribution >= 4 is 23.7 Å². The molecule has 1 N–H and O–H groups in total. The number of halogens is 1. The number of fused-ring (bicyclic) bond motifs is 1. The first-order valence-electron chi connectivity index (χ1n) is 4.23. The largest absolute Gasteiger partial charge is 0.371 e. The standard InChI is InChI=1S/C8H8ClN3O2/c9-6-5(4-13)7-10-2-1-3-12(7)8(14)11-6/h4,10H,1-3H2. The van der Waals surface area contributed by atoms with Gasteiger partial charge in [0.15, 0.2) is 6.29 Å². The Labute approximate surface area is 84.7 Å². The molecule has 74 valence electrons. The zero-order valence-corrected chi connectivity index (χ0v) is 8.04. The molecule has 0 atom stereocenters. The summed E-state index contributed by atoms with van der Waals surface area (Å²) in [5.41, 5.74) is -0.159. The lowest BCUT2D eigenvalue weighted by Gasteiger charge is -2.20. The molecule has 14 heavy (non-hydrogen) atoms. The molecule has 0 bridgehead atoms. The second-order valence-corrected chi connectivity index (χ2v) is 3.36. The van der Waals surface area contributed by atoms with E-state index in [1.807, 2.05) is 0 Å². The van der Waals surface area contributed by atoms with E-state index >= 15 is 0 Å². The second kappa shape index (κ2) is 3.42. The second-order valence-electron chi connectivity index (χ2n) is 3.00. The van der Waals surface area contributed by atoms with Gasteiger partial charge in [0.2, 0.25) is 0 Å². The van der Waals surface area contributed by atoms with Gasteiger partial charge in [-0.15, -0.1) is 0 Å². The van der Waals surface area contributed by atoms with Gasteiger partial charge < -0.3 is 5.32 Å². The van der Waals surface area contributed by atoms with E-state index in [0.29, 0.717) is 18.6 Å². The van der Waals surface area contributed by atoms with Crippen LogP contribution in [0.4, 0.5) is 5.82 Å². The Morgan fingerprint density at radius 1 is 1.57 bits per heavy atom. The Morgan fingerprint density at radius 3 is 3.07 bits per heavy atom. The predicted octanol–water partition coefficient (Wildman–Crippen LogP) is 0.525. The monoisotopic (exact) mass is 213 g/mol. The number of carbonyl (C=O) groups excluding carboxylic acids is 1. The van der Waals surface area contributed by atoms with Crippen molar-refractivity contribution in [2.75, 3.05) is 11.9 Å². The van der Waals surface area contributed by atoms with E-state index in [1.54, 1.807) is 0 Å². The van der Waals surface area contributed by atoms with Crippen molar-refractivity contribution in [1.82, 2.24) is 9.55 Å². The van der Waals surface area contributed by atoms with Crippen molar-refractivity contribution in [1.29, 1.82) is 0 Å². The van der Waals surface area contributed by atoms with Crippen LogP contribution in [0.2, 0.25) is 5.15 Å². The first-order valence-corrected chi connectivity index (χ1v) is 4.61. The van der Waals surface area contributed by atoms with Crippen LogP contribution in [0.1, 0.15) is 16.8 Å². The number of aromatic nitrogens is 2. The molecule has 0 aliphatic carbocycles. The van der Waals surface area contributed by atoms with Gasteiger partial charge in [0.05, 0.1) is 5.56 Å². The Bertz CT molecular complexity index is 441. The summed E-state index contributed by atoms with van der Waals surface area (Å²) in [5.74, 6) is 0.483. The van der Waals surface area contributed by atoms with Gasteiger partial charge in [0, 0.05) is 13.1 Å². The number of nitrogens with zero attached hydrogens (tertiary/aromatic N) is 2. The zero-order valence-electron chi connectivity index (χ0n) is 7.29. The van der Waals surface area contributed by atoms with Crippen molar-refractivity contribution in [3.05, 3.63) is 21.2 Å². The van der Waals surface area contributed by atoms with Gasteiger partial charge in [0.1, 0.15) is 11.0 Å². The summed E-state index contributed by atoms with van der Waals surface area (Å²) < 4.78 is 1.43. The average molecular weight is 214 g/mol. The predicted molar refractivity (Wildman–Crippen MR) is 52.0 cm³/mol. The van der Waals surface area contributed by atoms with Crippen LogP contribution in [0.5, 0.6) is 0 Å². The molecule has 0 unspecified atom stereocenters. The molecule has 1 aromatic rings. The number of hydrogen-bond acceptors (Lipinski definition) is 4. The molecule has 6 heteroatoms. The maximum absolute atomic E-state index is 11.4. The van der Waals surface area contributed by atoms with Gasteiger partial charge in [-0.3, -0.25) is 9.36 Å². The normalized spacial score (nSPS) is 14.4. The topological polar surface area (TPSA) is 64.0 Å². The van der Waals surface area contributed by atoms with Crippen LogP contribution in [0, 0.1) is 0 Å². The van der Waals surface area contributed by atoms with E-state index in [9.17, 15) is 9.59 Å². The number of carbonyl (C=O) groups is 1. The van der Waals surface area contributed by atoms with E-state index in [0.717, 1.165) is 13.0 Å². The third-order valence-electron chi connectivity index (χ3n) is 2.14. The van der Waals surface area contributed by atoms with Crippen molar-refractivity contribution < 1.29 is 4.79 Å². The van der Waals surface area contributed by atoms with Gasteiger partial charge in [-0.2, -0.15) is 4.98 Å². The summed E-state index contributed by atoms with van der Waals surface area (Å²) in [5, 5.41) is 2.93. The number of nitrogens with one attached hydrogen (secondary N) is 1. The summed E-state index contributed by atoms with van der Waals surface area (Å²) in [7, 11) is 0. The van der Waals surface area contributed by atoms with Gasteiger partial charge >= 0.3 is 5.69 Å².